The zero-order chi connectivity index (χ0) is 15.7. The highest BCUT2D eigenvalue weighted by Crippen LogP contribution is 2.38. The number of amides is 1. The molecule has 0 spiro atoms. The summed E-state index contributed by atoms with van der Waals surface area (Å²) in [4.78, 5) is 35.3. The molecule has 1 aliphatic rings. The predicted octanol–water partition coefficient (Wildman–Crippen LogP) is 2.94. The molecule has 8 heteroatoms. The molecule has 1 atom stereocenters. The number of halogens is 1. The van der Waals surface area contributed by atoms with E-state index in [0.29, 0.717) is 5.56 Å². The van der Waals surface area contributed by atoms with Gasteiger partial charge in [-0.15, -0.1) is 0 Å². The van der Waals surface area contributed by atoms with Gasteiger partial charge in [-0.25, -0.2) is 0 Å². The smallest absolute Gasteiger partial charge is 0.294 e. The second-order valence-electron chi connectivity index (χ2n) is 4.79. The van der Waals surface area contributed by atoms with E-state index in [-0.39, 0.29) is 45.6 Å². The van der Waals surface area contributed by atoms with Crippen LogP contribution in [0.2, 0.25) is 5.02 Å². The zero-order valence-electron chi connectivity index (χ0n) is 11.5. The van der Waals surface area contributed by atoms with Gasteiger partial charge in [0.2, 0.25) is 5.91 Å². The van der Waals surface area contributed by atoms with E-state index >= 15 is 0 Å². The Kier molecular flexibility index (Phi) is 4.53. The first kappa shape index (κ1) is 15.8. The first-order valence-electron chi connectivity index (χ1n) is 6.21. The third kappa shape index (κ3) is 3.36. The highest BCUT2D eigenvalue weighted by atomic mass is 35.5. The molecule has 6 nitrogen and oxygen atoms in total. The van der Waals surface area contributed by atoms with Gasteiger partial charge in [-0.05, 0) is 18.6 Å². The zero-order valence-corrected chi connectivity index (χ0v) is 13.0. The minimum Gasteiger partial charge on any atom is -0.305 e. The van der Waals surface area contributed by atoms with Gasteiger partial charge in [-0.2, -0.15) is 0 Å². The number of hydrogen-bond donors (Lipinski definition) is 0. The van der Waals surface area contributed by atoms with E-state index in [0.717, 1.165) is 11.8 Å². The predicted molar refractivity (Wildman–Crippen MR) is 81.9 cm³/mol. The highest BCUT2D eigenvalue weighted by molar-refractivity contribution is 8.14. The van der Waals surface area contributed by atoms with Crippen LogP contribution < -0.4 is 4.90 Å². The fraction of sp³-hybridized carbons (Fsp3) is 0.385. The van der Waals surface area contributed by atoms with Crippen LogP contribution in [0.25, 0.3) is 0 Å². The normalized spacial score (nSPS) is 18.1. The van der Waals surface area contributed by atoms with Crippen molar-refractivity contribution in [1.82, 2.24) is 0 Å². The average Bonchev–Trinajstić information content (AvgIpc) is 2.67. The lowest BCUT2D eigenvalue weighted by atomic mass is 10.1. The van der Waals surface area contributed by atoms with Crippen LogP contribution in [0.5, 0.6) is 0 Å². The van der Waals surface area contributed by atoms with Gasteiger partial charge >= 0.3 is 0 Å². The number of anilines is 1. The van der Waals surface area contributed by atoms with Crippen LogP contribution in [-0.4, -0.2) is 27.7 Å². The summed E-state index contributed by atoms with van der Waals surface area (Å²) >= 11 is 6.94. The topological polar surface area (TPSA) is 80.5 Å². The minimum absolute atomic E-state index is 0.0722. The molecule has 2 rings (SSSR count). The number of hydrogen-bond acceptors (Lipinski definition) is 5. The van der Waals surface area contributed by atoms with E-state index < -0.39 is 4.92 Å². The fourth-order valence-electron chi connectivity index (χ4n) is 2.41. The van der Waals surface area contributed by atoms with Crippen molar-refractivity contribution in [2.45, 2.75) is 25.5 Å². The molecule has 1 unspecified atom stereocenters. The molecule has 0 radical (unpaired) electrons. The first-order chi connectivity index (χ1) is 9.79. The molecular formula is C13H13ClN2O4S. The minimum atomic E-state index is -0.549. The Bertz CT molecular complexity index is 635. The van der Waals surface area contributed by atoms with Crippen LogP contribution in [0.3, 0.4) is 0 Å². The Morgan fingerprint density at radius 1 is 1.52 bits per heavy atom. The molecular weight excluding hydrogens is 316 g/mol. The van der Waals surface area contributed by atoms with Crippen LogP contribution >= 0.6 is 23.4 Å². The van der Waals surface area contributed by atoms with Crippen LogP contribution in [0.15, 0.2) is 12.1 Å². The first-order valence-corrected chi connectivity index (χ1v) is 7.47. The lowest BCUT2D eigenvalue weighted by Crippen LogP contribution is -2.26. The molecule has 1 saturated heterocycles. The van der Waals surface area contributed by atoms with Gasteiger partial charge in [0.25, 0.3) is 5.69 Å². The van der Waals surface area contributed by atoms with E-state index in [1.807, 2.05) is 0 Å². The number of rotatable bonds is 3. The molecule has 1 amide bonds. The van der Waals surface area contributed by atoms with Gasteiger partial charge in [0, 0.05) is 36.2 Å². The molecule has 0 bridgehead atoms. The second-order valence-corrected chi connectivity index (χ2v) is 6.70. The Labute approximate surface area is 130 Å². The van der Waals surface area contributed by atoms with E-state index in [1.165, 1.54) is 17.9 Å². The molecule has 1 aliphatic heterocycles. The molecule has 0 N–H and O–H groups in total. The number of thioether (sulfide) groups is 1. The summed E-state index contributed by atoms with van der Waals surface area (Å²) in [7, 11) is 0. The van der Waals surface area contributed by atoms with E-state index in [1.54, 1.807) is 13.0 Å². The van der Waals surface area contributed by atoms with Gasteiger partial charge in [0.05, 0.1) is 4.92 Å². The molecule has 1 fully saturated rings. The lowest BCUT2D eigenvalue weighted by molar-refractivity contribution is -0.384. The van der Waals surface area contributed by atoms with E-state index in [9.17, 15) is 19.7 Å². The summed E-state index contributed by atoms with van der Waals surface area (Å²) in [6.45, 7) is 3.40. The van der Waals surface area contributed by atoms with Crippen molar-refractivity contribution in [2.75, 3.05) is 11.4 Å². The van der Waals surface area contributed by atoms with Gasteiger partial charge in [0.15, 0.2) is 5.12 Å². The van der Waals surface area contributed by atoms with Crippen molar-refractivity contribution in [3.8, 4) is 0 Å². The van der Waals surface area contributed by atoms with Crippen molar-refractivity contribution in [2.24, 2.45) is 0 Å². The Morgan fingerprint density at radius 2 is 2.19 bits per heavy atom. The van der Waals surface area contributed by atoms with E-state index in [2.05, 4.69) is 0 Å². The molecule has 1 heterocycles. The van der Waals surface area contributed by atoms with Crippen LogP contribution in [0, 0.1) is 17.0 Å². The maximum Gasteiger partial charge on any atom is 0.294 e. The monoisotopic (exact) mass is 328 g/mol. The Hall–Kier alpha value is -1.60. The second kappa shape index (κ2) is 6.03. The summed E-state index contributed by atoms with van der Waals surface area (Å²) in [5.74, 6) is -0.220. The highest BCUT2D eigenvalue weighted by Gasteiger charge is 2.36. The Balaban J connectivity index is 2.40. The summed E-state index contributed by atoms with van der Waals surface area (Å²) < 4.78 is 0. The molecule has 1 aromatic rings. The van der Waals surface area contributed by atoms with Gasteiger partial charge in [-0.3, -0.25) is 19.7 Å². The van der Waals surface area contributed by atoms with Crippen molar-refractivity contribution in [1.29, 1.82) is 0 Å². The third-order valence-electron chi connectivity index (χ3n) is 3.13. The maximum atomic E-state index is 12.1. The van der Waals surface area contributed by atoms with Gasteiger partial charge in [-0.1, -0.05) is 23.4 Å². The van der Waals surface area contributed by atoms with Crippen molar-refractivity contribution in [3.63, 3.8) is 0 Å². The number of carbonyl (C=O) groups excluding carboxylic acids is 2. The summed E-state index contributed by atoms with van der Waals surface area (Å²) in [6, 6.07) is 2.82. The number of nitrogens with zero attached hydrogens (tertiary/aromatic N) is 2. The van der Waals surface area contributed by atoms with Crippen molar-refractivity contribution in [3.05, 3.63) is 32.8 Å². The number of nitro benzene ring substituents is 1. The number of nitro groups is 1. The fourth-order valence-corrected chi connectivity index (χ4v) is 3.60. The van der Waals surface area contributed by atoms with Crippen LogP contribution in [0.1, 0.15) is 18.9 Å². The number of benzene rings is 1. The van der Waals surface area contributed by atoms with Crippen molar-refractivity contribution < 1.29 is 14.5 Å². The lowest BCUT2D eigenvalue weighted by Gasteiger charge is -2.19. The summed E-state index contributed by atoms with van der Waals surface area (Å²) in [6.07, 6.45) is 0.198. The molecule has 112 valence electrons. The van der Waals surface area contributed by atoms with Gasteiger partial charge in [0.1, 0.15) is 5.69 Å². The summed E-state index contributed by atoms with van der Waals surface area (Å²) in [5, 5.41) is 11.2. The Morgan fingerprint density at radius 3 is 2.76 bits per heavy atom. The van der Waals surface area contributed by atoms with Crippen LogP contribution in [0.4, 0.5) is 11.4 Å². The van der Waals surface area contributed by atoms with Crippen molar-refractivity contribution >= 4 is 45.8 Å². The molecule has 21 heavy (non-hydrogen) atoms. The quantitative estimate of drug-likeness (QED) is 0.629. The third-order valence-corrected chi connectivity index (χ3v) is 4.33. The largest absolute Gasteiger partial charge is 0.305 e. The standard InChI is InChI=1S/C13H13ClN2O4S/c1-7-3-9(14)4-11(16(19)20)13(7)15-6-10(5-12(15)18)21-8(2)17/h3-4,10H,5-6H2,1-2H3. The molecule has 1 aromatic carbocycles. The van der Waals surface area contributed by atoms with Gasteiger partial charge < -0.3 is 4.90 Å². The average molecular weight is 329 g/mol. The SMILES string of the molecule is CC(=O)SC1CC(=O)N(c2c(C)cc(Cl)cc2[N+](=O)[O-])C1. The number of carbonyl (C=O) groups is 2. The molecule has 0 aromatic heterocycles. The maximum absolute atomic E-state index is 12.1. The number of aryl methyl sites for hydroxylation is 1. The van der Waals surface area contributed by atoms with Crippen LogP contribution in [-0.2, 0) is 9.59 Å². The summed E-state index contributed by atoms with van der Waals surface area (Å²) in [5.41, 5.74) is 0.638. The molecule has 0 saturated carbocycles. The molecule has 0 aliphatic carbocycles. The van der Waals surface area contributed by atoms with E-state index in [4.69, 9.17) is 11.6 Å².